The van der Waals surface area contributed by atoms with Crippen molar-refractivity contribution in [2.24, 2.45) is 0 Å². The minimum Gasteiger partial charge on any atom is -0.459 e. The Labute approximate surface area is 183 Å². The van der Waals surface area contributed by atoms with Gasteiger partial charge >= 0.3 is 11.9 Å². The Morgan fingerprint density at radius 3 is 1.40 bits per heavy atom. The summed E-state index contributed by atoms with van der Waals surface area (Å²) in [6.07, 6.45) is 20.4. The number of nitrogens with one attached hydrogen (secondary N) is 2. The second-order valence-corrected chi connectivity index (χ2v) is 8.13. The molecule has 0 aliphatic rings. The summed E-state index contributed by atoms with van der Waals surface area (Å²) in [5, 5.41) is 0. The summed E-state index contributed by atoms with van der Waals surface area (Å²) >= 11 is 0. The van der Waals surface area contributed by atoms with Crippen molar-refractivity contribution in [2.75, 3.05) is 6.61 Å². The van der Waals surface area contributed by atoms with E-state index in [-0.39, 0.29) is 12.2 Å². The van der Waals surface area contributed by atoms with E-state index in [0.717, 1.165) is 19.3 Å². The molecular weight excluding hydrogens is 380 g/mol. The summed E-state index contributed by atoms with van der Waals surface area (Å²) in [5.41, 5.74) is 4.31. The number of rotatable bonds is 18. The van der Waals surface area contributed by atoms with Gasteiger partial charge in [0.25, 0.3) is 5.91 Å². The normalized spacial score (nSPS) is 10.5. The number of amides is 2. The minimum atomic E-state index is -0.988. The van der Waals surface area contributed by atoms with Gasteiger partial charge in [-0.15, -0.1) is 0 Å². The lowest BCUT2D eigenvalue weighted by Crippen LogP contribution is -2.45. The van der Waals surface area contributed by atoms with Gasteiger partial charge in [0, 0.05) is 5.57 Å². The number of unbranched alkanes of at least 4 members (excludes halogenated alkanes) is 15. The number of hydrazine groups is 1. The monoisotopic (exact) mass is 424 g/mol. The molecule has 0 aliphatic carbocycles. The second-order valence-electron chi connectivity index (χ2n) is 8.13. The van der Waals surface area contributed by atoms with Crippen molar-refractivity contribution in [3.63, 3.8) is 0 Å². The summed E-state index contributed by atoms with van der Waals surface area (Å²) in [6, 6.07) is 0. The highest BCUT2D eigenvalue weighted by Gasteiger charge is 2.15. The largest absolute Gasteiger partial charge is 0.459 e. The fourth-order valence-corrected chi connectivity index (χ4v) is 3.15. The van der Waals surface area contributed by atoms with E-state index in [1.54, 1.807) is 0 Å². The summed E-state index contributed by atoms with van der Waals surface area (Å²) in [4.78, 5) is 34.1. The summed E-state index contributed by atoms with van der Waals surface area (Å²) in [6.45, 7) is 7.40. The maximum atomic E-state index is 11.5. The molecule has 0 aliphatic heterocycles. The third kappa shape index (κ3) is 18.2. The Morgan fingerprint density at radius 2 is 1.00 bits per heavy atom. The lowest BCUT2D eigenvalue weighted by atomic mass is 10.0. The molecule has 2 amide bonds. The van der Waals surface area contributed by atoms with Crippen molar-refractivity contribution in [3.8, 4) is 0 Å². The Kier molecular flexibility index (Phi) is 19.2. The highest BCUT2D eigenvalue weighted by molar-refractivity contribution is 6.32. The maximum absolute atomic E-state index is 11.5. The molecule has 0 atom stereocenters. The lowest BCUT2D eigenvalue weighted by molar-refractivity contribution is -0.155. The van der Waals surface area contributed by atoms with Crippen LogP contribution < -0.4 is 10.9 Å². The van der Waals surface area contributed by atoms with Crippen LogP contribution in [0.3, 0.4) is 0 Å². The van der Waals surface area contributed by atoms with Crippen LogP contribution in [0.25, 0.3) is 0 Å². The highest BCUT2D eigenvalue weighted by Crippen LogP contribution is 2.13. The van der Waals surface area contributed by atoms with Gasteiger partial charge in [-0.2, -0.15) is 0 Å². The quantitative estimate of drug-likeness (QED) is 0.0998. The van der Waals surface area contributed by atoms with Crippen molar-refractivity contribution in [2.45, 2.75) is 117 Å². The molecule has 0 aromatic carbocycles. The van der Waals surface area contributed by atoms with Gasteiger partial charge in [0.15, 0.2) is 0 Å². The maximum Gasteiger partial charge on any atom is 0.398 e. The van der Waals surface area contributed by atoms with Gasteiger partial charge < -0.3 is 4.74 Å². The van der Waals surface area contributed by atoms with Crippen LogP contribution in [0.4, 0.5) is 0 Å². The van der Waals surface area contributed by atoms with Crippen LogP contribution >= 0.6 is 0 Å². The minimum absolute atomic E-state index is 0.221. The Hall–Kier alpha value is -1.85. The van der Waals surface area contributed by atoms with Crippen LogP contribution in [0.2, 0.25) is 0 Å². The van der Waals surface area contributed by atoms with Gasteiger partial charge in [-0.1, -0.05) is 110 Å². The van der Waals surface area contributed by atoms with E-state index in [0.29, 0.717) is 0 Å². The van der Waals surface area contributed by atoms with E-state index in [1.165, 1.54) is 90.4 Å². The summed E-state index contributed by atoms with van der Waals surface area (Å²) in [7, 11) is 0. The molecule has 0 rings (SSSR count). The molecule has 0 radical (unpaired) electrons. The molecule has 0 saturated carbocycles. The molecule has 174 valence electrons. The summed E-state index contributed by atoms with van der Waals surface area (Å²) < 4.78 is 4.89. The van der Waals surface area contributed by atoms with Gasteiger partial charge in [0.1, 0.15) is 0 Å². The number of carbonyl (C=O) groups excluding carboxylic acids is 3. The van der Waals surface area contributed by atoms with Gasteiger partial charge in [0.2, 0.25) is 0 Å². The summed E-state index contributed by atoms with van der Waals surface area (Å²) in [5.74, 6) is -2.52. The molecule has 0 aromatic rings. The van der Waals surface area contributed by atoms with E-state index in [4.69, 9.17) is 4.74 Å². The van der Waals surface area contributed by atoms with E-state index < -0.39 is 17.8 Å². The molecule has 0 unspecified atom stereocenters. The average Bonchev–Trinajstić information content (AvgIpc) is 2.73. The van der Waals surface area contributed by atoms with Crippen molar-refractivity contribution in [1.29, 1.82) is 0 Å². The topological polar surface area (TPSA) is 84.5 Å². The molecular formula is C24H44N2O4. The van der Waals surface area contributed by atoms with E-state index in [2.05, 4.69) is 18.9 Å². The van der Waals surface area contributed by atoms with Crippen LogP contribution in [0.5, 0.6) is 0 Å². The number of esters is 1. The molecule has 0 bridgehead atoms. The first-order valence-electron chi connectivity index (χ1n) is 11.9. The van der Waals surface area contributed by atoms with Gasteiger partial charge in [-0.3, -0.25) is 20.4 Å². The number of carbonyl (C=O) groups is 3. The predicted molar refractivity (Wildman–Crippen MR) is 122 cm³/mol. The first kappa shape index (κ1) is 28.1. The number of ether oxygens (including phenoxy) is 1. The van der Waals surface area contributed by atoms with Crippen molar-refractivity contribution < 1.29 is 19.1 Å². The third-order valence-corrected chi connectivity index (χ3v) is 5.09. The van der Waals surface area contributed by atoms with Crippen molar-refractivity contribution in [3.05, 3.63) is 12.2 Å². The predicted octanol–water partition coefficient (Wildman–Crippen LogP) is 5.51. The fourth-order valence-electron chi connectivity index (χ4n) is 3.15. The Bertz CT molecular complexity index is 492. The third-order valence-electron chi connectivity index (χ3n) is 5.09. The van der Waals surface area contributed by atoms with Crippen LogP contribution in [-0.4, -0.2) is 24.4 Å². The second kappa shape index (κ2) is 20.4. The van der Waals surface area contributed by atoms with Crippen LogP contribution in [-0.2, 0) is 19.1 Å². The van der Waals surface area contributed by atoms with E-state index in [1.807, 2.05) is 5.43 Å². The molecule has 0 spiro atoms. The standard InChI is InChI=1S/C24H44N2O4/c1-4-5-6-7-8-9-10-11-12-13-14-15-16-17-18-19-20-30-24(29)23(28)26-25-22(27)21(2)3/h2,4-20H2,1,3H3,(H,25,27)(H,26,28). The molecule has 6 nitrogen and oxygen atoms in total. The molecule has 0 saturated heterocycles. The number of hydrogen-bond acceptors (Lipinski definition) is 4. The van der Waals surface area contributed by atoms with Crippen LogP contribution in [0, 0.1) is 0 Å². The molecule has 6 heteroatoms. The molecule has 2 N–H and O–H groups in total. The molecule has 0 aromatic heterocycles. The van der Waals surface area contributed by atoms with Gasteiger partial charge in [-0.25, -0.2) is 4.79 Å². The zero-order valence-electron chi connectivity index (χ0n) is 19.4. The first-order chi connectivity index (χ1) is 14.5. The zero-order valence-corrected chi connectivity index (χ0v) is 19.4. The van der Waals surface area contributed by atoms with Crippen molar-refractivity contribution in [1.82, 2.24) is 10.9 Å². The van der Waals surface area contributed by atoms with Gasteiger partial charge in [-0.05, 0) is 13.3 Å². The van der Waals surface area contributed by atoms with Gasteiger partial charge in [0.05, 0.1) is 6.61 Å². The number of hydrogen-bond donors (Lipinski definition) is 2. The SMILES string of the molecule is C=C(C)C(=O)NNC(=O)C(=O)OCCCCCCCCCCCCCCCCCC. The Morgan fingerprint density at radius 1 is 0.633 bits per heavy atom. The van der Waals surface area contributed by atoms with Crippen molar-refractivity contribution >= 4 is 17.8 Å². The van der Waals surface area contributed by atoms with Crippen LogP contribution in [0.15, 0.2) is 12.2 Å². The molecule has 0 heterocycles. The Balaban J connectivity index is 3.32. The molecule has 0 fully saturated rings. The van der Waals surface area contributed by atoms with Crippen LogP contribution in [0.1, 0.15) is 117 Å². The fraction of sp³-hybridized carbons (Fsp3) is 0.792. The first-order valence-corrected chi connectivity index (χ1v) is 11.9. The smallest absolute Gasteiger partial charge is 0.398 e. The molecule has 30 heavy (non-hydrogen) atoms. The average molecular weight is 425 g/mol. The van der Waals surface area contributed by atoms with E-state index >= 15 is 0 Å². The lowest BCUT2D eigenvalue weighted by Gasteiger charge is -2.07. The zero-order chi connectivity index (χ0) is 22.5. The highest BCUT2D eigenvalue weighted by atomic mass is 16.5. The van der Waals surface area contributed by atoms with E-state index in [9.17, 15) is 14.4 Å².